The molecule has 0 fully saturated rings. The molecule has 0 spiro atoms. The largest absolute Gasteiger partial charge is 0.370 e. The quantitative estimate of drug-likeness (QED) is 0.894. The van der Waals surface area contributed by atoms with Crippen LogP contribution in [0.1, 0.15) is 30.5 Å². The second-order valence-corrected chi connectivity index (χ2v) is 5.25. The molecule has 1 aliphatic heterocycles. The first kappa shape index (κ1) is 13.6. The summed E-state index contributed by atoms with van der Waals surface area (Å²) in [7, 11) is 0. The third-order valence-corrected chi connectivity index (χ3v) is 3.65. The summed E-state index contributed by atoms with van der Waals surface area (Å²) in [6, 6.07) is 12.0. The van der Waals surface area contributed by atoms with Gasteiger partial charge in [0.25, 0.3) is 5.91 Å². The standard InChI is InChI=1S/C17H17FN2O/c1-2-3-11-4-7-13(8-5-11)19-16-14-9-6-12(18)10-15(14)20-17(16)21/h4-10,16,19H,2-3H2,1H3,(H,20,21). The highest BCUT2D eigenvalue weighted by Gasteiger charge is 2.30. The molecule has 1 aliphatic rings. The Hall–Kier alpha value is -2.36. The molecule has 1 heterocycles. The number of benzene rings is 2. The summed E-state index contributed by atoms with van der Waals surface area (Å²) in [5, 5.41) is 5.90. The Morgan fingerprint density at radius 1 is 1.19 bits per heavy atom. The van der Waals surface area contributed by atoms with Crippen LogP contribution in [0.3, 0.4) is 0 Å². The zero-order valence-electron chi connectivity index (χ0n) is 11.8. The van der Waals surface area contributed by atoms with Gasteiger partial charge in [-0.3, -0.25) is 4.79 Å². The smallest absolute Gasteiger partial charge is 0.251 e. The van der Waals surface area contributed by atoms with Crippen LogP contribution in [0.25, 0.3) is 0 Å². The second-order valence-electron chi connectivity index (χ2n) is 5.25. The summed E-state index contributed by atoms with van der Waals surface area (Å²) < 4.78 is 13.2. The van der Waals surface area contributed by atoms with Crippen molar-refractivity contribution in [3.8, 4) is 0 Å². The number of anilines is 2. The van der Waals surface area contributed by atoms with Gasteiger partial charge in [0.15, 0.2) is 0 Å². The van der Waals surface area contributed by atoms with Gasteiger partial charge in [-0.1, -0.05) is 31.5 Å². The predicted molar refractivity (Wildman–Crippen MR) is 81.8 cm³/mol. The van der Waals surface area contributed by atoms with Crippen molar-refractivity contribution in [3.63, 3.8) is 0 Å². The van der Waals surface area contributed by atoms with Crippen LogP contribution in [-0.2, 0) is 11.2 Å². The van der Waals surface area contributed by atoms with Crippen molar-refractivity contribution in [2.45, 2.75) is 25.8 Å². The third kappa shape index (κ3) is 2.75. The molecule has 0 saturated heterocycles. The van der Waals surface area contributed by atoms with Crippen LogP contribution in [0.2, 0.25) is 0 Å². The number of carbonyl (C=O) groups excluding carboxylic acids is 1. The maximum absolute atomic E-state index is 13.2. The van der Waals surface area contributed by atoms with Crippen LogP contribution in [0.5, 0.6) is 0 Å². The Labute approximate surface area is 123 Å². The zero-order valence-corrected chi connectivity index (χ0v) is 11.8. The molecule has 0 radical (unpaired) electrons. The van der Waals surface area contributed by atoms with Crippen LogP contribution < -0.4 is 10.6 Å². The Morgan fingerprint density at radius 2 is 1.95 bits per heavy atom. The van der Waals surface area contributed by atoms with Crippen molar-refractivity contribution in [2.75, 3.05) is 10.6 Å². The summed E-state index contributed by atoms with van der Waals surface area (Å²) in [4.78, 5) is 12.0. The number of halogens is 1. The number of fused-ring (bicyclic) bond motifs is 1. The average Bonchev–Trinajstić information content (AvgIpc) is 2.76. The normalized spacial score (nSPS) is 16.5. The molecule has 2 N–H and O–H groups in total. The molecule has 4 heteroatoms. The number of amides is 1. The predicted octanol–water partition coefficient (Wildman–Crippen LogP) is 3.88. The highest BCUT2D eigenvalue weighted by Crippen LogP contribution is 2.33. The molecule has 21 heavy (non-hydrogen) atoms. The summed E-state index contributed by atoms with van der Waals surface area (Å²) in [6.45, 7) is 2.14. The number of hydrogen-bond donors (Lipinski definition) is 2. The third-order valence-electron chi connectivity index (χ3n) is 3.65. The molecule has 1 unspecified atom stereocenters. The molecule has 0 aromatic heterocycles. The minimum Gasteiger partial charge on any atom is -0.370 e. The van der Waals surface area contributed by atoms with Crippen molar-refractivity contribution in [1.82, 2.24) is 0 Å². The molecule has 2 aromatic rings. The van der Waals surface area contributed by atoms with Gasteiger partial charge in [0.2, 0.25) is 0 Å². The first-order valence-corrected chi connectivity index (χ1v) is 7.13. The first-order valence-electron chi connectivity index (χ1n) is 7.13. The average molecular weight is 284 g/mol. The lowest BCUT2D eigenvalue weighted by Crippen LogP contribution is -2.19. The Morgan fingerprint density at radius 3 is 2.67 bits per heavy atom. The van der Waals surface area contributed by atoms with E-state index in [1.165, 1.54) is 17.7 Å². The molecule has 0 saturated carbocycles. The lowest BCUT2D eigenvalue weighted by atomic mass is 10.1. The topological polar surface area (TPSA) is 41.1 Å². The Kier molecular flexibility index (Phi) is 3.60. The fourth-order valence-corrected chi connectivity index (χ4v) is 2.60. The highest BCUT2D eigenvalue weighted by atomic mass is 19.1. The van der Waals surface area contributed by atoms with Gasteiger partial charge in [-0.05, 0) is 36.2 Å². The summed E-state index contributed by atoms with van der Waals surface area (Å²) in [5.74, 6) is -0.508. The Balaban J connectivity index is 1.80. The van der Waals surface area contributed by atoms with Crippen LogP contribution in [0.4, 0.5) is 15.8 Å². The van der Waals surface area contributed by atoms with Crippen molar-refractivity contribution in [2.24, 2.45) is 0 Å². The van der Waals surface area contributed by atoms with Gasteiger partial charge < -0.3 is 10.6 Å². The van der Waals surface area contributed by atoms with E-state index < -0.39 is 6.04 Å². The number of rotatable bonds is 4. The molecule has 3 nitrogen and oxygen atoms in total. The van der Waals surface area contributed by atoms with Crippen molar-refractivity contribution in [1.29, 1.82) is 0 Å². The van der Waals surface area contributed by atoms with Crippen LogP contribution in [-0.4, -0.2) is 5.91 Å². The van der Waals surface area contributed by atoms with E-state index >= 15 is 0 Å². The summed E-state index contributed by atoms with van der Waals surface area (Å²) in [6.07, 6.45) is 2.16. The SMILES string of the molecule is CCCc1ccc(NC2C(=O)Nc3cc(F)ccc32)cc1. The van der Waals surface area contributed by atoms with Gasteiger partial charge in [-0.2, -0.15) is 0 Å². The van der Waals surface area contributed by atoms with Crippen LogP contribution >= 0.6 is 0 Å². The monoisotopic (exact) mass is 284 g/mol. The van der Waals surface area contributed by atoms with Gasteiger partial charge in [-0.15, -0.1) is 0 Å². The van der Waals surface area contributed by atoms with Crippen LogP contribution in [0.15, 0.2) is 42.5 Å². The minimum atomic E-state index is -0.474. The number of aryl methyl sites for hydroxylation is 1. The van der Waals surface area contributed by atoms with E-state index in [2.05, 4.69) is 29.7 Å². The maximum Gasteiger partial charge on any atom is 0.251 e. The second kappa shape index (κ2) is 5.56. The fourth-order valence-electron chi connectivity index (χ4n) is 2.60. The molecule has 1 amide bonds. The molecule has 1 atom stereocenters. The highest BCUT2D eigenvalue weighted by molar-refractivity contribution is 6.04. The molecule has 2 aromatic carbocycles. The minimum absolute atomic E-state index is 0.159. The van der Waals surface area contributed by atoms with Gasteiger partial charge in [0, 0.05) is 16.9 Å². The van der Waals surface area contributed by atoms with E-state index in [0.29, 0.717) is 5.69 Å². The fraction of sp³-hybridized carbons (Fsp3) is 0.235. The molecular weight excluding hydrogens is 267 g/mol. The number of hydrogen-bond acceptors (Lipinski definition) is 2. The molecule has 108 valence electrons. The molecule has 0 aliphatic carbocycles. The Bertz CT molecular complexity index is 667. The maximum atomic E-state index is 13.2. The van der Waals surface area contributed by atoms with E-state index in [-0.39, 0.29) is 11.7 Å². The van der Waals surface area contributed by atoms with Crippen molar-refractivity contribution >= 4 is 17.3 Å². The van der Waals surface area contributed by atoms with E-state index in [1.54, 1.807) is 6.07 Å². The number of carbonyl (C=O) groups is 1. The van der Waals surface area contributed by atoms with Gasteiger partial charge in [0.1, 0.15) is 11.9 Å². The first-order chi connectivity index (χ1) is 10.2. The number of nitrogens with one attached hydrogen (secondary N) is 2. The molecular formula is C17H17FN2O. The van der Waals surface area contributed by atoms with E-state index in [4.69, 9.17) is 0 Å². The van der Waals surface area contributed by atoms with Gasteiger partial charge in [0.05, 0.1) is 0 Å². The van der Waals surface area contributed by atoms with E-state index in [9.17, 15) is 9.18 Å². The van der Waals surface area contributed by atoms with Gasteiger partial charge >= 0.3 is 0 Å². The van der Waals surface area contributed by atoms with Gasteiger partial charge in [-0.25, -0.2) is 4.39 Å². The van der Waals surface area contributed by atoms with E-state index in [0.717, 1.165) is 24.1 Å². The summed E-state index contributed by atoms with van der Waals surface area (Å²) >= 11 is 0. The lowest BCUT2D eigenvalue weighted by Gasteiger charge is -2.13. The summed E-state index contributed by atoms with van der Waals surface area (Å²) in [5.41, 5.74) is 3.48. The van der Waals surface area contributed by atoms with Crippen molar-refractivity contribution in [3.05, 3.63) is 59.4 Å². The zero-order chi connectivity index (χ0) is 14.8. The molecule has 0 bridgehead atoms. The van der Waals surface area contributed by atoms with Crippen molar-refractivity contribution < 1.29 is 9.18 Å². The molecule has 3 rings (SSSR count). The van der Waals surface area contributed by atoms with E-state index in [1.807, 2.05) is 12.1 Å². The lowest BCUT2D eigenvalue weighted by molar-refractivity contribution is -0.116. The van der Waals surface area contributed by atoms with Crippen LogP contribution in [0, 0.1) is 5.82 Å².